The zero-order chi connectivity index (χ0) is 33.5. The Balaban J connectivity index is 0.911. The molecule has 258 valence electrons. The van der Waals surface area contributed by atoms with E-state index in [1.165, 1.54) is 44.6 Å². The second-order valence-electron chi connectivity index (χ2n) is 14.7. The molecule has 1 unspecified atom stereocenters. The van der Waals surface area contributed by atoms with Crippen LogP contribution in [0.15, 0.2) is 30.7 Å². The number of rotatable bonds is 9. The molecule has 3 saturated carbocycles. The molecular formula is C37H47FN10O. The molecule has 1 aromatic carbocycles. The standard InChI is InChI=1S/C37H47FN10O/c1-2-32-34-31(20-39)41-23-47(34)33-21-40-37(44-35(33)48(32)28-5-3-4-6-28)43-26-11-14-29(30(38)19-26)36(49)42-25-9-12-27(13-10-25)46-17-15-45(16-18-46)22-24-7-8-24/h11,14,19,21,23-25,27-28,32H,2-10,12-13,15-18,22H2,1H3,(H,42,49)(H,40,43,44). The van der Waals surface area contributed by atoms with E-state index in [9.17, 15) is 10.1 Å². The van der Waals surface area contributed by atoms with E-state index in [2.05, 4.69) is 48.3 Å². The molecule has 4 heterocycles. The molecule has 0 bridgehead atoms. The fourth-order valence-electron chi connectivity index (χ4n) is 8.75. The highest BCUT2D eigenvalue weighted by molar-refractivity contribution is 5.95. The number of aromatic nitrogens is 4. The van der Waals surface area contributed by atoms with Crippen LogP contribution in [0.3, 0.4) is 0 Å². The molecule has 3 aliphatic carbocycles. The highest BCUT2D eigenvalue weighted by Gasteiger charge is 2.39. The summed E-state index contributed by atoms with van der Waals surface area (Å²) in [5.74, 6) is 1.13. The van der Waals surface area contributed by atoms with Gasteiger partial charge in [0, 0.05) is 56.5 Å². The van der Waals surface area contributed by atoms with Crippen molar-refractivity contribution in [1.82, 2.24) is 34.6 Å². The van der Waals surface area contributed by atoms with Crippen molar-refractivity contribution in [3.05, 3.63) is 53.5 Å². The Bertz CT molecular complexity index is 1710. The zero-order valence-electron chi connectivity index (χ0n) is 28.5. The molecule has 12 heteroatoms. The first-order valence-electron chi connectivity index (χ1n) is 18.5. The van der Waals surface area contributed by atoms with Gasteiger partial charge in [0.05, 0.1) is 23.5 Å². The first kappa shape index (κ1) is 32.1. The lowest BCUT2D eigenvalue weighted by atomic mass is 9.89. The van der Waals surface area contributed by atoms with Gasteiger partial charge < -0.3 is 20.4 Å². The Labute approximate surface area is 287 Å². The van der Waals surface area contributed by atoms with Crippen molar-refractivity contribution >= 4 is 23.4 Å². The summed E-state index contributed by atoms with van der Waals surface area (Å²) in [6.07, 6.45) is 15.5. The van der Waals surface area contributed by atoms with Gasteiger partial charge in [0.1, 0.15) is 23.9 Å². The van der Waals surface area contributed by atoms with E-state index in [4.69, 9.17) is 4.98 Å². The van der Waals surface area contributed by atoms with Gasteiger partial charge in [0.2, 0.25) is 5.95 Å². The molecule has 1 saturated heterocycles. The summed E-state index contributed by atoms with van der Waals surface area (Å²) in [6, 6.07) is 7.77. The molecule has 0 spiro atoms. The number of piperazine rings is 1. The molecule has 11 nitrogen and oxygen atoms in total. The number of amides is 1. The molecule has 2 aliphatic heterocycles. The van der Waals surface area contributed by atoms with Gasteiger partial charge in [-0.1, -0.05) is 19.8 Å². The van der Waals surface area contributed by atoms with Crippen LogP contribution in [0.5, 0.6) is 0 Å². The number of nitrogens with one attached hydrogen (secondary N) is 2. The van der Waals surface area contributed by atoms with E-state index in [0.29, 0.717) is 29.4 Å². The van der Waals surface area contributed by atoms with Crippen LogP contribution < -0.4 is 15.5 Å². The Morgan fingerprint density at radius 2 is 1.78 bits per heavy atom. The number of hydrogen-bond donors (Lipinski definition) is 2. The lowest BCUT2D eigenvalue weighted by Crippen LogP contribution is -2.52. The predicted molar refractivity (Wildman–Crippen MR) is 186 cm³/mol. The maximum absolute atomic E-state index is 15.4. The highest BCUT2D eigenvalue weighted by atomic mass is 19.1. The lowest BCUT2D eigenvalue weighted by molar-refractivity contribution is 0.0693. The number of carbonyl (C=O) groups is 1. The summed E-state index contributed by atoms with van der Waals surface area (Å²) in [5.41, 5.74) is 2.62. The van der Waals surface area contributed by atoms with Crippen LogP contribution in [-0.4, -0.2) is 86.1 Å². The minimum absolute atomic E-state index is 0.0341. The van der Waals surface area contributed by atoms with Crippen LogP contribution in [0.2, 0.25) is 0 Å². The van der Waals surface area contributed by atoms with Crippen LogP contribution in [0.4, 0.5) is 21.8 Å². The van der Waals surface area contributed by atoms with Gasteiger partial charge in [-0.25, -0.2) is 14.4 Å². The quantitative estimate of drug-likeness (QED) is 0.297. The summed E-state index contributed by atoms with van der Waals surface area (Å²) in [6.45, 7) is 8.03. The van der Waals surface area contributed by atoms with E-state index in [0.717, 1.165) is 94.0 Å². The van der Waals surface area contributed by atoms with Gasteiger partial charge in [-0.15, -0.1) is 0 Å². The second kappa shape index (κ2) is 13.7. The maximum Gasteiger partial charge on any atom is 0.254 e. The molecule has 3 aromatic rings. The minimum Gasteiger partial charge on any atom is -0.349 e. The number of nitriles is 1. The highest BCUT2D eigenvalue weighted by Crippen LogP contribution is 2.44. The van der Waals surface area contributed by atoms with Gasteiger partial charge in [-0.05, 0) is 81.9 Å². The van der Waals surface area contributed by atoms with Crippen LogP contribution in [0.1, 0.15) is 105 Å². The van der Waals surface area contributed by atoms with Crippen molar-refractivity contribution < 1.29 is 9.18 Å². The molecule has 4 fully saturated rings. The molecular weight excluding hydrogens is 619 g/mol. The summed E-state index contributed by atoms with van der Waals surface area (Å²) in [4.78, 5) is 34.7. The van der Waals surface area contributed by atoms with Crippen LogP contribution in [0.25, 0.3) is 5.69 Å². The molecule has 0 radical (unpaired) electrons. The zero-order valence-corrected chi connectivity index (χ0v) is 28.5. The SMILES string of the molecule is CCC1c2c(C#N)ncn2-c2cnc(Nc3ccc(C(=O)NC4CCC(N5CCN(CC6CC6)CC5)CC4)c(F)c3)nc2N1C1CCCC1. The Morgan fingerprint density at radius 1 is 1.00 bits per heavy atom. The fourth-order valence-corrected chi connectivity index (χ4v) is 8.75. The third-order valence-electron chi connectivity index (χ3n) is 11.6. The average Bonchev–Trinajstić information content (AvgIpc) is 3.56. The number of fused-ring (bicyclic) bond motifs is 3. The van der Waals surface area contributed by atoms with Gasteiger partial charge in [0.25, 0.3) is 5.91 Å². The van der Waals surface area contributed by atoms with Crippen molar-refractivity contribution in [3.63, 3.8) is 0 Å². The van der Waals surface area contributed by atoms with Gasteiger partial charge in [-0.2, -0.15) is 10.2 Å². The van der Waals surface area contributed by atoms with Crippen molar-refractivity contribution in [2.24, 2.45) is 5.92 Å². The Kier molecular flexibility index (Phi) is 8.97. The van der Waals surface area contributed by atoms with Crippen LogP contribution in [0, 0.1) is 23.1 Å². The van der Waals surface area contributed by atoms with Gasteiger partial charge in [-0.3, -0.25) is 14.3 Å². The van der Waals surface area contributed by atoms with Crippen molar-refractivity contribution in [2.45, 2.75) is 102 Å². The number of hydrogen-bond acceptors (Lipinski definition) is 9. The normalized spacial score (nSPS) is 24.7. The topological polar surface area (TPSA) is 118 Å². The number of carbonyl (C=O) groups excluding carboxylic acids is 1. The average molecular weight is 667 g/mol. The Morgan fingerprint density at radius 3 is 2.47 bits per heavy atom. The van der Waals surface area contributed by atoms with E-state index in [1.807, 2.05) is 4.57 Å². The van der Waals surface area contributed by atoms with E-state index in [-0.39, 0.29) is 23.6 Å². The van der Waals surface area contributed by atoms with Crippen LogP contribution >= 0.6 is 0 Å². The molecule has 49 heavy (non-hydrogen) atoms. The predicted octanol–water partition coefficient (Wildman–Crippen LogP) is 5.70. The maximum atomic E-state index is 15.4. The summed E-state index contributed by atoms with van der Waals surface area (Å²) in [7, 11) is 0. The first-order valence-corrected chi connectivity index (χ1v) is 18.5. The molecule has 8 rings (SSSR count). The number of halogens is 1. The molecule has 1 amide bonds. The monoisotopic (exact) mass is 666 g/mol. The summed E-state index contributed by atoms with van der Waals surface area (Å²) in [5, 5.41) is 16.1. The van der Waals surface area contributed by atoms with E-state index >= 15 is 4.39 Å². The second-order valence-corrected chi connectivity index (χ2v) is 14.7. The van der Waals surface area contributed by atoms with Gasteiger partial charge in [0.15, 0.2) is 11.5 Å². The van der Waals surface area contributed by atoms with Crippen molar-refractivity contribution in [1.29, 1.82) is 5.26 Å². The van der Waals surface area contributed by atoms with Gasteiger partial charge >= 0.3 is 0 Å². The number of nitrogens with zero attached hydrogens (tertiary/aromatic N) is 8. The van der Waals surface area contributed by atoms with E-state index < -0.39 is 5.82 Å². The lowest BCUT2D eigenvalue weighted by Gasteiger charge is -2.42. The third kappa shape index (κ3) is 6.51. The van der Waals surface area contributed by atoms with Crippen molar-refractivity contribution in [3.8, 4) is 11.8 Å². The molecule has 2 N–H and O–H groups in total. The van der Waals surface area contributed by atoms with Crippen molar-refractivity contribution in [2.75, 3.05) is 42.9 Å². The number of imidazole rings is 1. The smallest absolute Gasteiger partial charge is 0.254 e. The first-order chi connectivity index (χ1) is 24.0. The number of benzene rings is 1. The number of anilines is 3. The minimum atomic E-state index is -0.580. The summed E-state index contributed by atoms with van der Waals surface area (Å²) < 4.78 is 17.4. The molecule has 1 atom stereocenters. The summed E-state index contributed by atoms with van der Waals surface area (Å²) >= 11 is 0. The van der Waals surface area contributed by atoms with Crippen LogP contribution in [-0.2, 0) is 0 Å². The largest absolute Gasteiger partial charge is 0.349 e. The Hall–Kier alpha value is -4.08. The fraction of sp³-hybridized carbons (Fsp3) is 0.595. The molecule has 5 aliphatic rings. The third-order valence-corrected chi connectivity index (χ3v) is 11.6. The molecule has 2 aromatic heterocycles. The van der Waals surface area contributed by atoms with E-state index in [1.54, 1.807) is 18.6 Å².